The summed E-state index contributed by atoms with van der Waals surface area (Å²) in [6.45, 7) is 0.902. The largest absolute Gasteiger partial charge is 0.445 e. The molecule has 5 nitrogen and oxygen atoms in total. The first kappa shape index (κ1) is 14.3. The highest BCUT2D eigenvalue weighted by Crippen LogP contribution is 2.32. The number of carbonyl (C=O) groups excluding carboxylic acids is 2. The van der Waals surface area contributed by atoms with E-state index in [9.17, 15) is 9.59 Å². The first-order valence-electron chi connectivity index (χ1n) is 7.01. The van der Waals surface area contributed by atoms with Crippen LogP contribution in [0.3, 0.4) is 0 Å². The third-order valence-corrected chi connectivity index (χ3v) is 5.04. The predicted octanol–water partition coefficient (Wildman–Crippen LogP) is 1.63. The van der Waals surface area contributed by atoms with Crippen LogP contribution in [-0.2, 0) is 16.1 Å². The number of nitrogens with one attached hydrogen (secondary N) is 1. The Kier molecular flexibility index (Phi) is 4.05. The minimum absolute atomic E-state index is 0.0260. The van der Waals surface area contributed by atoms with E-state index in [-0.39, 0.29) is 35.9 Å². The fraction of sp³-hybridized carbons (Fsp3) is 0.467. The molecular weight excluding hydrogens is 288 g/mol. The molecule has 0 aromatic heterocycles. The molecule has 2 aliphatic heterocycles. The second kappa shape index (κ2) is 5.97. The molecule has 112 valence electrons. The Morgan fingerprint density at radius 3 is 2.90 bits per heavy atom. The molecule has 2 aliphatic rings. The average Bonchev–Trinajstić information content (AvgIpc) is 3.03. The topological polar surface area (TPSA) is 58.6 Å². The van der Waals surface area contributed by atoms with Crippen molar-refractivity contribution in [2.45, 2.75) is 30.4 Å². The lowest BCUT2D eigenvalue weighted by Gasteiger charge is -2.25. The summed E-state index contributed by atoms with van der Waals surface area (Å²) in [7, 11) is 0. The van der Waals surface area contributed by atoms with Crippen LogP contribution in [0.2, 0.25) is 0 Å². The van der Waals surface area contributed by atoms with Gasteiger partial charge in [0.15, 0.2) is 0 Å². The Morgan fingerprint density at radius 2 is 2.19 bits per heavy atom. The van der Waals surface area contributed by atoms with E-state index in [2.05, 4.69) is 5.32 Å². The summed E-state index contributed by atoms with van der Waals surface area (Å²) >= 11 is 1.49. The lowest BCUT2D eigenvalue weighted by Crippen LogP contribution is -2.43. The van der Waals surface area contributed by atoms with E-state index in [0.29, 0.717) is 6.54 Å². The molecule has 2 heterocycles. The van der Waals surface area contributed by atoms with Crippen LogP contribution in [0.1, 0.15) is 12.0 Å². The minimum Gasteiger partial charge on any atom is -0.445 e. The third-order valence-electron chi connectivity index (χ3n) is 4.04. The number of fused-ring (bicyclic) bond motifs is 1. The highest BCUT2D eigenvalue weighted by atomic mass is 32.2. The zero-order chi connectivity index (χ0) is 14.8. The van der Waals surface area contributed by atoms with Crippen molar-refractivity contribution in [3.8, 4) is 0 Å². The number of hydrogen-bond donors (Lipinski definition) is 1. The summed E-state index contributed by atoms with van der Waals surface area (Å²) < 4.78 is 5.39. The third kappa shape index (κ3) is 2.72. The number of nitrogens with zero attached hydrogens (tertiary/aromatic N) is 1. The maximum atomic E-state index is 12.3. The number of ether oxygens (including phenoxy) is 1. The maximum absolute atomic E-state index is 12.3. The van der Waals surface area contributed by atoms with Gasteiger partial charge in [0.2, 0.25) is 5.91 Å². The lowest BCUT2D eigenvalue weighted by atomic mass is 10.1. The van der Waals surface area contributed by atoms with E-state index in [1.807, 2.05) is 36.6 Å². The van der Waals surface area contributed by atoms with E-state index in [4.69, 9.17) is 4.74 Å². The van der Waals surface area contributed by atoms with Crippen molar-refractivity contribution < 1.29 is 14.3 Å². The lowest BCUT2D eigenvalue weighted by molar-refractivity contribution is -0.119. The monoisotopic (exact) mass is 306 g/mol. The summed E-state index contributed by atoms with van der Waals surface area (Å²) in [6, 6.07) is 9.58. The summed E-state index contributed by atoms with van der Waals surface area (Å²) in [5, 5.41) is 2.77. The molecule has 3 atom stereocenters. The van der Waals surface area contributed by atoms with Crippen molar-refractivity contribution in [2.24, 2.45) is 0 Å². The van der Waals surface area contributed by atoms with Gasteiger partial charge in [0.25, 0.3) is 0 Å². The Hall–Kier alpha value is -1.69. The van der Waals surface area contributed by atoms with Crippen molar-refractivity contribution in [3.05, 3.63) is 35.9 Å². The van der Waals surface area contributed by atoms with Crippen LogP contribution in [0.5, 0.6) is 0 Å². The smallest absolute Gasteiger partial charge is 0.410 e. The Balaban J connectivity index is 1.64. The van der Waals surface area contributed by atoms with Crippen molar-refractivity contribution in [1.29, 1.82) is 0 Å². The normalized spacial score (nSPS) is 27.4. The summed E-state index contributed by atoms with van der Waals surface area (Å²) in [5.74, 6) is 0.0260. The van der Waals surface area contributed by atoms with Gasteiger partial charge < -0.3 is 15.0 Å². The highest BCUT2D eigenvalue weighted by Gasteiger charge is 2.50. The molecule has 2 fully saturated rings. The molecule has 2 saturated heterocycles. The maximum Gasteiger partial charge on any atom is 0.410 e. The fourth-order valence-electron chi connectivity index (χ4n) is 3.03. The van der Waals surface area contributed by atoms with Crippen molar-refractivity contribution in [3.63, 3.8) is 0 Å². The standard InChI is InChI=1S/C15H18N2O3S/c1-21-13-12-11(16-14(13)18)7-8-17(12)15(19)20-9-10-5-3-2-4-6-10/h2-6,11-13H,7-9H2,1H3,(H,16,18)/t11-,12-,13+/m0/s1. The van der Waals surface area contributed by atoms with Gasteiger partial charge in [-0.05, 0) is 18.2 Å². The van der Waals surface area contributed by atoms with Crippen LogP contribution in [0.15, 0.2) is 30.3 Å². The van der Waals surface area contributed by atoms with Gasteiger partial charge in [0, 0.05) is 6.54 Å². The van der Waals surface area contributed by atoms with Gasteiger partial charge in [-0.1, -0.05) is 30.3 Å². The second-order valence-electron chi connectivity index (χ2n) is 5.28. The molecule has 1 aromatic rings. The molecule has 2 amide bonds. The molecule has 1 N–H and O–H groups in total. The van der Waals surface area contributed by atoms with Gasteiger partial charge in [-0.2, -0.15) is 0 Å². The number of hydrogen-bond acceptors (Lipinski definition) is 4. The van der Waals surface area contributed by atoms with Gasteiger partial charge >= 0.3 is 6.09 Å². The number of thioether (sulfide) groups is 1. The minimum atomic E-state index is -0.332. The van der Waals surface area contributed by atoms with Crippen LogP contribution < -0.4 is 5.32 Å². The van der Waals surface area contributed by atoms with E-state index in [0.717, 1.165) is 12.0 Å². The van der Waals surface area contributed by atoms with Gasteiger partial charge in [-0.3, -0.25) is 4.79 Å². The van der Waals surface area contributed by atoms with E-state index in [1.165, 1.54) is 11.8 Å². The van der Waals surface area contributed by atoms with Crippen LogP contribution in [0.4, 0.5) is 4.79 Å². The molecule has 21 heavy (non-hydrogen) atoms. The Morgan fingerprint density at radius 1 is 1.43 bits per heavy atom. The fourth-order valence-corrected chi connectivity index (χ4v) is 3.93. The first-order valence-corrected chi connectivity index (χ1v) is 8.30. The zero-order valence-corrected chi connectivity index (χ0v) is 12.6. The molecule has 0 bridgehead atoms. The first-order chi connectivity index (χ1) is 10.2. The van der Waals surface area contributed by atoms with Gasteiger partial charge in [-0.25, -0.2) is 4.79 Å². The van der Waals surface area contributed by atoms with E-state index < -0.39 is 0 Å². The number of rotatable bonds is 3. The number of benzene rings is 1. The molecule has 0 radical (unpaired) electrons. The highest BCUT2D eigenvalue weighted by molar-refractivity contribution is 8.00. The second-order valence-corrected chi connectivity index (χ2v) is 6.26. The van der Waals surface area contributed by atoms with Crippen LogP contribution in [-0.4, -0.2) is 47.0 Å². The molecule has 6 heteroatoms. The Labute approximate surface area is 128 Å². The summed E-state index contributed by atoms with van der Waals surface area (Å²) in [4.78, 5) is 25.8. The quantitative estimate of drug-likeness (QED) is 0.922. The average molecular weight is 306 g/mol. The molecule has 0 spiro atoms. The molecule has 0 unspecified atom stereocenters. The zero-order valence-electron chi connectivity index (χ0n) is 11.8. The number of amides is 2. The van der Waals surface area contributed by atoms with Crippen molar-refractivity contribution in [2.75, 3.05) is 12.8 Å². The Bertz CT molecular complexity index is 537. The van der Waals surface area contributed by atoms with Crippen LogP contribution >= 0.6 is 11.8 Å². The summed E-state index contributed by atoms with van der Waals surface area (Å²) in [6.07, 6.45) is 2.37. The molecule has 1 aromatic carbocycles. The van der Waals surface area contributed by atoms with Crippen molar-refractivity contribution in [1.82, 2.24) is 10.2 Å². The SMILES string of the molecule is CS[C@H]1C(=O)N[C@H]2CCN(C(=O)OCc3ccccc3)[C@@H]21. The molecule has 0 aliphatic carbocycles. The van der Waals surface area contributed by atoms with Crippen LogP contribution in [0.25, 0.3) is 0 Å². The molecular formula is C15H18N2O3S. The number of likely N-dealkylation sites (tertiary alicyclic amines) is 1. The van der Waals surface area contributed by atoms with Gasteiger partial charge in [-0.15, -0.1) is 11.8 Å². The molecule has 3 rings (SSSR count). The van der Waals surface area contributed by atoms with Gasteiger partial charge in [0.1, 0.15) is 11.9 Å². The van der Waals surface area contributed by atoms with Crippen molar-refractivity contribution >= 4 is 23.8 Å². The molecule has 0 saturated carbocycles. The van der Waals surface area contributed by atoms with E-state index >= 15 is 0 Å². The predicted molar refractivity (Wildman–Crippen MR) is 81.0 cm³/mol. The summed E-state index contributed by atoms with van der Waals surface area (Å²) in [5.41, 5.74) is 0.962. The van der Waals surface area contributed by atoms with Crippen LogP contribution in [0, 0.1) is 0 Å². The van der Waals surface area contributed by atoms with E-state index in [1.54, 1.807) is 4.90 Å². The van der Waals surface area contributed by atoms with Gasteiger partial charge in [0.05, 0.1) is 12.1 Å². The number of carbonyl (C=O) groups is 2.